The van der Waals surface area contributed by atoms with Crippen molar-refractivity contribution < 1.29 is 0 Å². The zero-order chi connectivity index (χ0) is 16.4. The summed E-state index contributed by atoms with van der Waals surface area (Å²) >= 11 is 5.52. The van der Waals surface area contributed by atoms with Crippen LogP contribution in [0, 0.1) is 5.92 Å². The Kier molecular flexibility index (Phi) is 4.35. The molecule has 2 fully saturated rings. The highest BCUT2D eigenvalue weighted by Crippen LogP contribution is 2.39. The quantitative estimate of drug-likeness (QED) is 0.793. The summed E-state index contributed by atoms with van der Waals surface area (Å²) in [6.07, 6.45) is 5.95. The lowest BCUT2D eigenvalue weighted by molar-refractivity contribution is 0.260. The standard InChI is InChI=1S/C21H22N2S/c24-21-22-19(16-10-5-2-6-11-16)18-13-7-12-17(20(18)23-21)14-15-8-3-1-4-9-15/h1-6,8-11,14,18-20H,7,12-13H2,(H2,22,23,24)/b17-14+. The fraction of sp³-hybridized carbons (Fsp3) is 0.286. The first-order chi connectivity index (χ1) is 11.8. The van der Waals surface area contributed by atoms with Gasteiger partial charge in [-0.05, 0) is 48.2 Å². The van der Waals surface area contributed by atoms with Crippen molar-refractivity contribution in [2.45, 2.75) is 31.3 Å². The summed E-state index contributed by atoms with van der Waals surface area (Å²) in [6.45, 7) is 0. The lowest BCUT2D eigenvalue weighted by Gasteiger charge is -2.45. The SMILES string of the molecule is S=C1NC2/C(=C/c3ccccc3)CCCC2C(c2ccccc2)N1. The first kappa shape index (κ1) is 15.4. The molecule has 3 atom stereocenters. The second-order valence-electron chi connectivity index (χ2n) is 6.67. The van der Waals surface area contributed by atoms with E-state index in [1.54, 1.807) is 0 Å². The van der Waals surface area contributed by atoms with Crippen LogP contribution in [0.4, 0.5) is 0 Å². The van der Waals surface area contributed by atoms with Gasteiger partial charge in [-0.1, -0.05) is 66.7 Å². The van der Waals surface area contributed by atoms with Gasteiger partial charge < -0.3 is 10.6 Å². The number of nitrogens with one attached hydrogen (secondary N) is 2. The molecule has 2 aromatic carbocycles. The molecule has 1 aliphatic carbocycles. The van der Waals surface area contributed by atoms with Gasteiger partial charge in [-0.25, -0.2) is 0 Å². The third-order valence-corrected chi connectivity index (χ3v) is 5.38. The van der Waals surface area contributed by atoms with Gasteiger partial charge >= 0.3 is 0 Å². The van der Waals surface area contributed by atoms with Crippen molar-refractivity contribution in [2.75, 3.05) is 0 Å². The third-order valence-electron chi connectivity index (χ3n) is 5.14. The molecule has 2 aliphatic rings. The molecule has 3 unspecified atom stereocenters. The Morgan fingerprint density at radius 3 is 2.29 bits per heavy atom. The largest absolute Gasteiger partial charge is 0.356 e. The van der Waals surface area contributed by atoms with E-state index in [-0.39, 0.29) is 0 Å². The van der Waals surface area contributed by atoms with E-state index in [0.29, 0.717) is 18.0 Å². The van der Waals surface area contributed by atoms with Crippen molar-refractivity contribution in [3.05, 3.63) is 77.4 Å². The van der Waals surface area contributed by atoms with E-state index in [0.717, 1.165) is 11.5 Å². The maximum Gasteiger partial charge on any atom is 0.167 e. The molecule has 0 radical (unpaired) electrons. The van der Waals surface area contributed by atoms with E-state index in [9.17, 15) is 0 Å². The molecule has 4 rings (SSSR count). The van der Waals surface area contributed by atoms with Crippen LogP contribution in [-0.2, 0) is 0 Å². The monoisotopic (exact) mass is 334 g/mol. The topological polar surface area (TPSA) is 24.1 Å². The molecule has 2 nitrogen and oxygen atoms in total. The Morgan fingerprint density at radius 1 is 0.875 bits per heavy atom. The van der Waals surface area contributed by atoms with Crippen LogP contribution in [0.1, 0.15) is 36.4 Å². The lowest BCUT2D eigenvalue weighted by atomic mass is 9.73. The molecule has 2 N–H and O–H groups in total. The van der Waals surface area contributed by atoms with Gasteiger partial charge in [-0.15, -0.1) is 0 Å². The summed E-state index contributed by atoms with van der Waals surface area (Å²) < 4.78 is 0. The van der Waals surface area contributed by atoms with E-state index >= 15 is 0 Å². The van der Waals surface area contributed by atoms with Crippen LogP contribution in [0.2, 0.25) is 0 Å². The summed E-state index contributed by atoms with van der Waals surface area (Å²) in [6, 6.07) is 21.9. The number of fused-ring (bicyclic) bond motifs is 1. The molecule has 0 bridgehead atoms. The predicted molar refractivity (Wildman–Crippen MR) is 104 cm³/mol. The molecule has 24 heavy (non-hydrogen) atoms. The van der Waals surface area contributed by atoms with Crippen molar-refractivity contribution in [2.24, 2.45) is 5.92 Å². The Balaban J connectivity index is 1.67. The maximum atomic E-state index is 5.52. The average molecular weight is 334 g/mol. The molecule has 122 valence electrons. The molecular weight excluding hydrogens is 312 g/mol. The fourth-order valence-electron chi connectivity index (χ4n) is 4.05. The van der Waals surface area contributed by atoms with Gasteiger partial charge in [0.15, 0.2) is 5.11 Å². The highest BCUT2D eigenvalue weighted by atomic mass is 32.1. The Bertz CT molecular complexity index is 739. The number of hydrogen-bond acceptors (Lipinski definition) is 1. The lowest BCUT2D eigenvalue weighted by Crippen LogP contribution is -2.57. The first-order valence-electron chi connectivity index (χ1n) is 8.69. The van der Waals surface area contributed by atoms with Crippen LogP contribution >= 0.6 is 12.2 Å². The van der Waals surface area contributed by atoms with Gasteiger partial charge in [0, 0.05) is 5.92 Å². The van der Waals surface area contributed by atoms with Gasteiger partial charge in [0.05, 0.1) is 12.1 Å². The summed E-state index contributed by atoms with van der Waals surface area (Å²) in [5.74, 6) is 0.530. The van der Waals surface area contributed by atoms with Crippen LogP contribution in [-0.4, -0.2) is 11.2 Å². The normalized spacial score (nSPS) is 27.9. The summed E-state index contributed by atoms with van der Waals surface area (Å²) in [4.78, 5) is 0. The minimum atomic E-state index is 0.296. The molecule has 0 aromatic heterocycles. The maximum absolute atomic E-state index is 5.52. The average Bonchev–Trinajstić information content (AvgIpc) is 2.63. The zero-order valence-electron chi connectivity index (χ0n) is 13.6. The van der Waals surface area contributed by atoms with Crippen molar-refractivity contribution in [1.29, 1.82) is 0 Å². The molecule has 1 saturated carbocycles. The smallest absolute Gasteiger partial charge is 0.167 e. The first-order valence-corrected chi connectivity index (χ1v) is 9.09. The predicted octanol–water partition coefficient (Wildman–Crippen LogP) is 4.46. The van der Waals surface area contributed by atoms with E-state index < -0.39 is 0 Å². The third kappa shape index (κ3) is 3.09. The van der Waals surface area contributed by atoms with Gasteiger partial charge in [0.1, 0.15) is 0 Å². The van der Waals surface area contributed by atoms with E-state index in [1.807, 2.05) is 0 Å². The Morgan fingerprint density at radius 2 is 1.54 bits per heavy atom. The highest BCUT2D eigenvalue weighted by molar-refractivity contribution is 7.80. The van der Waals surface area contributed by atoms with Gasteiger partial charge in [-0.3, -0.25) is 0 Å². The number of benzene rings is 2. The number of thiocarbonyl (C=S) groups is 1. The molecule has 2 aromatic rings. The van der Waals surface area contributed by atoms with Crippen LogP contribution in [0.3, 0.4) is 0 Å². The van der Waals surface area contributed by atoms with Crippen molar-refractivity contribution in [3.63, 3.8) is 0 Å². The number of hydrogen-bond donors (Lipinski definition) is 2. The zero-order valence-corrected chi connectivity index (χ0v) is 14.4. The van der Waals surface area contributed by atoms with Crippen LogP contribution < -0.4 is 10.6 Å². The minimum Gasteiger partial charge on any atom is -0.356 e. The molecular formula is C21H22N2S. The van der Waals surface area contributed by atoms with Crippen LogP contribution in [0.5, 0.6) is 0 Å². The molecule has 0 spiro atoms. The second kappa shape index (κ2) is 6.78. The Hall–Kier alpha value is -2.13. The molecule has 1 saturated heterocycles. The minimum absolute atomic E-state index is 0.296. The summed E-state index contributed by atoms with van der Waals surface area (Å²) in [5.41, 5.74) is 4.08. The fourth-order valence-corrected chi connectivity index (χ4v) is 4.30. The van der Waals surface area contributed by atoms with E-state index in [2.05, 4.69) is 77.4 Å². The van der Waals surface area contributed by atoms with Crippen LogP contribution in [0.15, 0.2) is 66.2 Å². The van der Waals surface area contributed by atoms with Gasteiger partial charge in [0.2, 0.25) is 0 Å². The molecule has 1 aliphatic heterocycles. The summed E-state index contributed by atoms with van der Waals surface area (Å²) in [5, 5.41) is 7.82. The van der Waals surface area contributed by atoms with Crippen molar-refractivity contribution in [3.8, 4) is 0 Å². The van der Waals surface area contributed by atoms with E-state index in [1.165, 1.54) is 29.5 Å². The second-order valence-corrected chi connectivity index (χ2v) is 7.08. The molecule has 3 heteroatoms. The van der Waals surface area contributed by atoms with Crippen LogP contribution in [0.25, 0.3) is 6.08 Å². The van der Waals surface area contributed by atoms with Crippen molar-refractivity contribution in [1.82, 2.24) is 10.6 Å². The highest BCUT2D eigenvalue weighted by Gasteiger charge is 2.39. The molecule has 1 heterocycles. The summed E-state index contributed by atoms with van der Waals surface area (Å²) in [7, 11) is 0. The Labute approximate surface area is 149 Å². The van der Waals surface area contributed by atoms with Gasteiger partial charge in [0.25, 0.3) is 0 Å². The van der Waals surface area contributed by atoms with Gasteiger partial charge in [-0.2, -0.15) is 0 Å². The number of rotatable bonds is 2. The molecule has 0 amide bonds. The van der Waals surface area contributed by atoms with E-state index in [4.69, 9.17) is 12.2 Å². The van der Waals surface area contributed by atoms with Crippen molar-refractivity contribution >= 4 is 23.4 Å².